The van der Waals surface area contributed by atoms with Gasteiger partial charge in [0.2, 0.25) is 5.13 Å². The van der Waals surface area contributed by atoms with Crippen LogP contribution >= 0.6 is 11.3 Å². The number of carboxylic acid groups (broad SMARTS) is 1. The number of anilines is 1. The molecule has 0 atom stereocenters. The summed E-state index contributed by atoms with van der Waals surface area (Å²) < 4.78 is 18.3. The van der Waals surface area contributed by atoms with E-state index >= 15 is 0 Å². The van der Waals surface area contributed by atoms with Gasteiger partial charge >= 0.3 is 17.9 Å². The summed E-state index contributed by atoms with van der Waals surface area (Å²) in [4.78, 5) is 42.3. The summed E-state index contributed by atoms with van der Waals surface area (Å²) in [6.07, 6.45) is 17.8. The van der Waals surface area contributed by atoms with Crippen molar-refractivity contribution >= 4 is 50.8 Å². The number of hydrazone groups is 1. The Balaban J connectivity index is 1.41. The van der Waals surface area contributed by atoms with Gasteiger partial charge in [0.1, 0.15) is 11.5 Å². The SMILES string of the molecule is C=CC(=O)OCCCCCCOc1ccc(C(=O)O)c(-c2ccc(OC(=O)C3CCC(CCCC)CC3)cc2/C=N/N(CCCCCC)c2nc3ccccc3s2)c1. The summed E-state index contributed by atoms with van der Waals surface area (Å²) in [6, 6.07) is 18.3. The Morgan fingerprint density at radius 1 is 0.862 bits per heavy atom. The van der Waals surface area contributed by atoms with Crippen molar-refractivity contribution in [3.05, 3.63) is 84.4 Å². The number of nitrogens with zero attached hydrogens (tertiary/aromatic N) is 3. The smallest absolute Gasteiger partial charge is 0.336 e. The fourth-order valence-corrected chi connectivity index (χ4v) is 8.28. The van der Waals surface area contributed by atoms with Gasteiger partial charge in [0.15, 0.2) is 0 Å². The summed E-state index contributed by atoms with van der Waals surface area (Å²) in [5.41, 5.74) is 2.70. The zero-order valence-corrected chi connectivity index (χ0v) is 35.0. The van der Waals surface area contributed by atoms with Crippen LogP contribution in [0.5, 0.6) is 11.5 Å². The van der Waals surface area contributed by atoms with Crippen molar-refractivity contribution in [2.24, 2.45) is 16.9 Å². The number of fused-ring (bicyclic) bond motifs is 1. The van der Waals surface area contributed by atoms with Gasteiger partial charge in [-0.3, -0.25) is 4.79 Å². The molecule has 1 aliphatic rings. The van der Waals surface area contributed by atoms with Crippen LogP contribution in [0.1, 0.15) is 126 Å². The molecule has 3 aromatic carbocycles. The third-order valence-electron chi connectivity index (χ3n) is 10.7. The standard InChI is InChI=1S/C47H59N3O7S/c1-4-7-9-14-28-50(47-49-42-18-12-13-19-43(42)58-47)48-33-36-31-38(57-46(54)35-22-20-34(21-23-35)17-8-5-2)25-26-39(36)41-32-37(24-27-40(41)45(52)53)55-29-15-10-11-16-30-56-44(51)6-3/h6,12-13,18-19,24-27,31-35H,3-5,7-11,14-17,20-23,28-30H2,1-2H3,(H,52,53)/b48-33+. The lowest BCUT2D eigenvalue weighted by Gasteiger charge is -2.27. The van der Waals surface area contributed by atoms with Gasteiger partial charge < -0.3 is 19.3 Å². The van der Waals surface area contributed by atoms with Gasteiger partial charge in [0.25, 0.3) is 0 Å². The number of carbonyl (C=O) groups is 3. The Bertz CT molecular complexity index is 1950. The molecule has 0 aliphatic heterocycles. The fourth-order valence-electron chi connectivity index (χ4n) is 7.33. The number of rotatable bonds is 24. The van der Waals surface area contributed by atoms with Gasteiger partial charge in [-0.1, -0.05) is 82.4 Å². The van der Waals surface area contributed by atoms with E-state index in [1.807, 2.05) is 23.2 Å². The van der Waals surface area contributed by atoms with Crippen molar-refractivity contribution < 1.29 is 33.7 Å². The molecule has 1 N–H and O–H groups in total. The monoisotopic (exact) mass is 809 g/mol. The summed E-state index contributed by atoms with van der Waals surface area (Å²) >= 11 is 1.58. The molecule has 1 aliphatic carbocycles. The number of benzene rings is 3. The minimum Gasteiger partial charge on any atom is -0.494 e. The maximum absolute atomic E-state index is 13.5. The Labute approximate surface area is 347 Å². The number of carbonyl (C=O) groups excluding carboxylic acids is 2. The predicted octanol–water partition coefficient (Wildman–Crippen LogP) is 11.7. The number of esters is 2. The molecule has 58 heavy (non-hydrogen) atoms. The number of aromatic carboxylic acids is 1. The van der Waals surface area contributed by atoms with Crippen molar-refractivity contribution in [3.63, 3.8) is 0 Å². The zero-order chi connectivity index (χ0) is 41.1. The molecule has 0 amide bonds. The molecule has 10 nitrogen and oxygen atoms in total. The van der Waals surface area contributed by atoms with Crippen LogP contribution in [0.15, 0.2) is 78.4 Å². The second kappa shape index (κ2) is 23.4. The predicted molar refractivity (Wildman–Crippen MR) is 233 cm³/mol. The number of unbranched alkanes of at least 4 members (excludes halogenated alkanes) is 7. The normalized spacial score (nSPS) is 15.3. The quantitative estimate of drug-likeness (QED) is 0.0184. The molecule has 0 unspecified atom stereocenters. The van der Waals surface area contributed by atoms with Crippen LogP contribution in [-0.4, -0.2) is 54.0 Å². The van der Waals surface area contributed by atoms with Crippen LogP contribution in [0.25, 0.3) is 21.3 Å². The first-order valence-electron chi connectivity index (χ1n) is 21.1. The number of para-hydroxylation sites is 1. The molecule has 0 saturated heterocycles. The lowest BCUT2D eigenvalue weighted by Crippen LogP contribution is -2.25. The number of thiazole rings is 1. The average molecular weight is 810 g/mol. The minimum absolute atomic E-state index is 0.114. The Morgan fingerprint density at radius 2 is 1.60 bits per heavy atom. The molecule has 0 spiro atoms. The highest BCUT2D eigenvalue weighted by molar-refractivity contribution is 7.22. The molecule has 11 heteroatoms. The molecular weight excluding hydrogens is 751 g/mol. The second-order valence-electron chi connectivity index (χ2n) is 15.1. The maximum atomic E-state index is 13.5. The van der Waals surface area contributed by atoms with Crippen molar-refractivity contribution in [2.75, 3.05) is 24.8 Å². The van der Waals surface area contributed by atoms with E-state index in [0.29, 0.717) is 53.9 Å². The van der Waals surface area contributed by atoms with Gasteiger partial charge in [0.05, 0.1) is 41.1 Å². The van der Waals surface area contributed by atoms with E-state index < -0.39 is 11.9 Å². The molecular formula is C47H59N3O7S. The lowest BCUT2D eigenvalue weighted by molar-refractivity contribution is -0.140. The molecule has 4 aromatic rings. The molecule has 1 aromatic heterocycles. The summed E-state index contributed by atoms with van der Waals surface area (Å²) in [5, 5.41) is 18.0. The first kappa shape index (κ1) is 44.1. The van der Waals surface area contributed by atoms with E-state index in [1.165, 1.54) is 19.3 Å². The van der Waals surface area contributed by atoms with E-state index in [-0.39, 0.29) is 17.5 Å². The Morgan fingerprint density at radius 3 is 2.34 bits per heavy atom. The largest absolute Gasteiger partial charge is 0.494 e. The van der Waals surface area contributed by atoms with Crippen LogP contribution in [0, 0.1) is 11.8 Å². The summed E-state index contributed by atoms with van der Waals surface area (Å²) in [5.74, 6) is -0.252. The Kier molecular flexibility index (Phi) is 17.8. The van der Waals surface area contributed by atoms with E-state index in [4.69, 9.17) is 24.3 Å². The van der Waals surface area contributed by atoms with Crippen LogP contribution in [0.4, 0.5) is 5.13 Å². The molecule has 1 saturated carbocycles. The number of aromatic nitrogens is 1. The third-order valence-corrected chi connectivity index (χ3v) is 11.7. The molecule has 1 heterocycles. The second-order valence-corrected chi connectivity index (χ2v) is 16.1. The number of carboxylic acids is 1. The minimum atomic E-state index is -1.07. The first-order chi connectivity index (χ1) is 28.3. The molecule has 1 fully saturated rings. The molecule has 310 valence electrons. The average Bonchev–Trinajstić information content (AvgIpc) is 3.68. The zero-order valence-electron chi connectivity index (χ0n) is 34.2. The van der Waals surface area contributed by atoms with Crippen molar-refractivity contribution in [1.82, 2.24) is 4.98 Å². The molecule has 0 bridgehead atoms. The van der Waals surface area contributed by atoms with Crippen molar-refractivity contribution in [3.8, 4) is 22.6 Å². The Hall–Kier alpha value is -5.03. The van der Waals surface area contributed by atoms with E-state index in [1.54, 1.807) is 53.9 Å². The molecule has 5 rings (SSSR count). The number of hydrogen-bond acceptors (Lipinski definition) is 10. The van der Waals surface area contributed by atoms with Crippen molar-refractivity contribution in [2.45, 2.75) is 110 Å². The van der Waals surface area contributed by atoms with Gasteiger partial charge in [-0.2, -0.15) is 5.10 Å². The van der Waals surface area contributed by atoms with Crippen LogP contribution < -0.4 is 14.5 Å². The lowest BCUT2D eigenvalue weighted by atomic mass is 9.80. The van der Waals surface area contributed by atoms with E-state index in [2.05, 4.69) is 26.5 Å². The molecule has 0 radical (unpaired) electrons. The highest BCUT2D eigenvalue weighted by atomic mass is 32.1. The van der Waals surface area contributed by atoms with Gasteiger partial charge in [-0.15, -0.1) is 0 Å². The van der Waals surface area contributed by atoms with Gasteiger partial charge in [-0.05, 0) is 118 Å². The van der Waals surface area contributed by atoms with Crippen LogP contribution in [-0.2, 0) is 14.3 Å². The summed E-state index contributed by atoms with van der Waals surface area (Å²) in [6.45, 7) is 9.26. The topological polar surface area (TPSA) is 128 Å². The number of ether oxygens (including phenoxy) is 3. The van der Waals surface area contributed by atoms with Crippen LogP contribution in [0.2, 0.25) is 0 Å². The maximum Gasteiger partial charge on any atom is 0.336 e. The van der Waals surface area contributed by atoms with Crippen LogP contribution in [0.3, 0.4) is 0 Å². The fraction of sp³-hybridized carbons (Fsp3) is 0.468. The highest BCUT2D eigenvalue weighted by Crippen LogP contribution is 2.36. The third kappa shape index (κ3) is 13.3. The first-order valence-corrected chi connectivity index (χ1v) is 21.9. The highest BCUT2D eigenvalue weighted by Gasteiger charge is 2.28. The van der Waals surface area contributed by atoms with Gasteiger partial charge in [-0.25, -0.2) is 19.6 Å². The van der Waals surface area contributed by atoms with Gasteiger partial charge in [0, 0.05) is 23.7 Å². The van der Waals surface area contributed by atoms with Crippen molar-refractivity contribution in [1.29, 1.82) is 0 Å². The van der Waals surface area contributed by atoms with E-state index in [9.17, 15) is 19.5 Å². The van der Waals surface area contributed by atoms with E-state index in [0.717, 1.165) is 98.5 Å². The summed E-state index contributed by atoms with van der Waals surface area (Å²) in [7, 11) is 0. The number of hydrogen-bond donors (Lipinski definition) is 1.